The highest BCUT2D eigenvalue weighted by Crippen LogP contribution is 2.35. The predicted octanol–water partition coefficient (Wildman–Crippen LogP) is 3.16. The zero-order valence-electron chi connectivity index (χ0n) is 16.8. The third kappa shape index (κ3) is 3.82. The molecule has 8 heteroatoms. The second kappa shape index (κ2) is 7.68. The highest BCUT2D eigenvalue weighted by molar-refractivity contribution is 7.88. The van der Waals surface area contributed by atoms with Crippen LogP contribution in [0.1, 0.15) is 24.6 Å². The van der Waals surface area contributed by atoms with Crippen LogP contribution in [0.25, 0.3) is 16.8 Å². The van der Waals surface area contributed by atoms with Crippen LogP contribution in [0.5, 0.6) is 11.5 Å². The van der Waals surface area contributed by atoms with Crippen molar-refractivity contribution in [3.63, 3.8) is 0 Å². The van der Waals surface area contributed by atoms with Gasteiger partial charge in [-0.25, -0.2) is 17.7 Å². The Kier molecular flexibility index (Phi) is 5.23. The zero-order chi connectivity index (χ0) is 20.6. The van der Waals surface area contributed by atoms with Crippen molar-refractivity contribution in [3.8, 4) is 22.8 Å². The summed E-state index contributed by atoms with van der Waals surface area (Å²) in [4.78, 5) is 5.00. The first-order chi connectivity index (χ1) is 13.9. The topological polar surface area (TPSA) is 73.1 Å². The fourth-order valence-electron chi connectivity index (χ4n) is 3.91. The Labute approximate surface area is 170 Å². The minimum atomic E-state index is -3.15. The summed E-state index contributed by atoms with van der Waals surface area (Å²) >= 11 is 0. The maximum absolute atomic E-state index is 11.8. The number of fused-ring (bicyclic) bond motifs is 1. The number of nitrogens with zero attached hydrogens (tertiary/aromatic N) is 3. The second-order valence-corrected chi connectivity index (χ2v) is 9.29. The van der Waals surface area contributed by atoms with Crippen molar-refractivity contribution in [1.82, 2.24) is 13.7 Å². The van der Waals surface area contributed by atoms with Crippen LogP contribution >= 0.6 is 0 Å². The molecule has 0 unspecified atom stereocenters. The molecule has 1 fully saturated rings. The van der Waals surface area contributed by atoms with Gasteiger partial charge in [0.1, 0.15) is 17.3 Å². The van der Waals surface area contributed by atoms with Crippen LogP contribution in [0.4, 0.5) is 0 Å². The van der Waals surface area contributed by atoms with Crippen LogP contribution in [0.2, 0.25) is 0 Å². The monoisotopic (exact) mass is 415 g/mol. The quantitative estimate of drug-likeness (QED) is 0.640. The molecular weight excluding hydrogens is 390 g/mol. The van der Waals surface area contributed by atoms with Crippen molar-refractivity contribution < 1.29 is 17.9 Å². The lowest BCUT2D eigenvalue weighted by atomic mass is 9.97. The normalized spacial score (nSPS) is 16.2. The Bertz CT molecular complexity index is 1110. The summed E-state index contributed by atoms with van der Waals surface area (Å²) in [5, 5.41) is 0. The summed E-state index contributed by atoms with van der Waals surface area (Å²) in [6.07, 6.45) is 4.75. The SMILES string of the molecule is COc1ccc(-c2nc(C3CCN(S(C)(=O)=O)CC3)n3ccc(OC)cc23)cc1. The average Bonchev–Trinajstić information content (AvgIpc) is 3.12. The smallest absolute Gasteiger partial charge is 0.211 e. The molecule has 1 aromatic carbocycles. The maximum atomic E-state index is 11.8. The van der Waals surface area contributed by atoms with Crippen molar-refractivity contribution in [2.45, 2.75) is 18.8 Å². The van der Waals surface area contributed by atoms with E-state index in [0.29, 0.717) is 13.1 Å². The second-order valence-electron chi connectivity index (χ2n) is 7.31. The first-order valence-corrected chi connectivity index (χ1v) is 11.4. The van der Waals surface area contributed by atoms with E-state index >= 15 is 0 Å². The van der Waals surface area contributed by atoms with Crippen LogP contribution in [-0.4, -0.2) is 55.7 Å². The van der Waals surface area contributed by atoms with Gasteiger partial charge in [-0.2, -0.15) is 0 Å². The Balaban J connectivity index is 1.75. The lowest BCUT2D eigenvalue weighted by molar-refractivity contribution is 0.315. The molecular formula is C21H25N3O4S. The van der Waals surface area contributed by atoms with Gasteiger partial charge < -0.3 is 13.9 Å². The zero-order valence-corrected chi connectivity index (χ0v) is 17.6. The Morgan fingerprint density at radius 2 is 1.66 bits per heavy atom. The van der Waals surface area contributed by atoms with Crippen molar-refractivity contribution in [2.75, 3.05) is 33.6 Å². The number of sulfonamides is 1. The fourth-order valence-corrected chi connectivity index (χ4v) is 4.78. The Morgan fingerprint density at radius 1 is 1.00 bits per heavy atom. The van der Waals surface area contributed by atoms with E-state index in [4.69, 9.17) is 14.5 Å². The van der Waals surface area contributed by atoms with E-state index in [2.05, 4.69) is 4.40 Å². The molecule has 0 N–H and O–H groups in total. The molecule has 0 aliphatic carbocycles. The maximum Gasteiger partial charge on any atom is 0.211 e. The highest BCUT2D eigenvalue weighted by atomic mass is 32.2. The molecule has 7 nitrogen and oxygen atoms in total. The van der Waals surface area contributed by atoms with Gasteiger partial charge in [-0.3, -0.25) is 0 Å². The summed E-state index contributed by atoms with van der Waals surface area (Å²) in [5.41, 5.74) is 2.85. The summed E-state index contributed by atoms with van der Waals surface area (Å²) < 4.78 is 38.0. The minimum Gasteiger partial charge on any atom is -0.497 e. The number of methoxy groups -OCH3 is 2. The molecule has 29 heavy (non-hydrogen) atoms. The predicted molar refractivity (Wildman–Crippen MR) is 112 cm³/mol. The fraction of sp³-hybridized carbons (Fsp3) is 0.381. The summed E-state index contributed by atoms with van der Waals surface area (Å²) in [5.74, 6) is 2.72. The number of benzene rings is 1. The van der Waals surface area contributed by atoms with E-state index in [0.717, 1.165) is 46.9 Å². The summed E-state index contributed by atoms with van der Waals surface area (Å²) in [6, 6.07) is 11.7. The van der Waals surface area contributed by atoms with Gasteiger partial charge in [0.2, 0.25) is 10.0 Å². The number of ether oxygens (including phenoxy) is 2. The van der Waals surface area contributed by atoms with Crippen LogP contribution in [-0.2, 0) is 10.0 Å². The number of hydrogen-bond donors (Lipinski definition) is 0. The standard InChI is InChI=1S/C21H25N3O4S/c1-27-17-6-4-15(5-7-17)20-19-14-18(28-2)10-13-24(19)21(22-20)16-8-11-23(12-9-16)29(3,25)26/h4-7,10,13-14,16H,8-9,11-12H2,1-3H3. The van der Waals surface area contributed by atoms with Crippen molar-refractivity contribution in [3.05, 3.63) is 48.4 Å². The van der Waals surface area contributed by atoms with E-state index in [-0.39, 0.29) is 5.92 Å². The minimum absolute atomic E-state index is 0.195. The molecule has 1 aliphatic heterocycles. The van der Waals surface area contributed by atoms with Crippen LogP contribution in [0, 0.1) is 0 Å². The van der Waals surface area contributed by atoms with Gasteiger partial charge in [0.05, 0.1) is 31.7 Å². The first kappa shape index (κ1) is 19.7. The molecule has 2 aromatic heterocycles. The molecule has 1 saturated heterocycles. The molecule has 3 heterocycles. The number of pyridine rings is 1. The molecule has 0 amide bonds. The third-order valence-electron chi connectivity index (χ3n) is 5.53. The van der Waals surface area contributed by atoms with Gasteiger partial charge in [0.15, 0.2) is 0 Å². The molecule has 3 aromatic rings. The van der Waals surface area contributed by atoms with Gasteiger partial charge in [0.25, 0.3) is 0 Å². The average molecular weight is 416 g/mol. The van der Waals surface area contributed by atoms with Crippen molar-refractivity contribution >= 4 is 15.5 Å². The molecule has 4 rings (SSSR count). The molecule has 1 aliphatic rings. The molecule has 0 atom stereocenters. The van der Waals surface area contributed by atoms with E-state index in [1.54, 1.807) is 18.5 Å². The van der Waals surface area contributed by atoms with E-state index in [9.17, 15) is 8.42 Å². The molecule has 0 radical (unpaired) electrons. The van der Waals surface area contributed by atoms with E-state index in [1.165, 1.54) is 6.26 Å². The van der Waals surface area contributed by atoms with Crippen LogP contribution < -0.4 is 9.47 Å². The highest BCUT2D eigenvalue weighted by Gasteiger charge is 2.29. The lowest BCUT2D eigenvalue weighted by Crippen LogP contribution is -2.37. The lowest BCUT2D eigenvalue weighted by Gasteiger charge is -2.29. The number of imidazole rings is 1. The van der Waals surface area contributed by atoms with Crippen molar-refractivity contribution in [2.24, 2.45) is 0 Å². The number of piperidine rings is 1. The number of rotatable bonds is 5. The first-order valence-electron chi connectivity index (χ1n) is 9.56. The third-order valence-corrected chi connectivity index (χ3v) is 6.83. The molecule has 0 bridgehead atoms. The van der Waals surface area contributed by atoms with Gasteiger partial charge in [0, 0.05) is 36.8 Å². The van der Waals surface area contributed by atoms with Gasteiger partial charge >= 0.3 is 0 Å². The van der Waals surface area contributed by atoms with Crippen LogP contribution in [0.3, 0.4) is 0 Å². The van der Waals surface area contributed by atoms with Gasteiger partial charge in [-0.15, -0.1) is 0 Å². The van der Waals surface area contributed by atoms with E-state index < -0.39 is 10.0 Å². The Hall–Kier alpha value is -2.58. The van der Waals surface area contributed by atoms with E-state index in [1.807, 2.05) is 42.6 Å². The number of aromatic nitrogens is 2. The summed E-state index contributed by atoms with van der Waals surface area (Å²) in [7, 11) is 0.146. The van der Waals surface area contributed by atoms with Gasteiger partial charge in [-0.05, 0) is 43.2 Å². The largest absolute Gasteiger partial charge is 0.497 e. The van der Waals surface area contributed by atoms with Gasteiger partial charge in [-0.1, -0.05) is 0 Å². The van der Waals surface area contributed by atoms with Crippen molar-refractivity contribution in [1.29, 1.82) is 0 Å². The molecule has 0 saturated carbocycles. The summed E-state index contributed by atoms with van der Waals surface area (Å²) in [6.45, 7) is 1.04. The van der Waals surface area contributed by atoms with Crippen LogP contribution in [0.15, 0.2) is 42.6 Å². The Morgan fingerprint density at radius 3 is 2.24 bits per heavy atom. The molecule has 0 spiro atoms. The molecule has 154 valence electrons. The number of hydrogen-bond acceptors (Lipinski definition) is 5.